The standard InChI is InChI=1S/C23H28N8O5/c1-33-19-16(35-12-2-8-30-10-13-34-14-11-30)4-3-15-18(19)28-22(31-9-7-25-20(15)31)29-23(32)36-17-5-6-26-21(24)27-17/h3-6H,2,7-14H2,1H3,(H2,24,26,27)(H,28,29,32). The summed E-state index contributed by atoms with van der Waals surface area (Å²) in [4.78, 5) is 33.7. The van der Waals surface area contributed by atoms with E-state index in [-0.39, 0.29) is 17.8 Å². The molecule has 3 N–H and O–H groups in total. The van der Waals surface area contributed by atoms with Gasteiger partial charge in [-0.25, -0.2) is 14.8 Å². The van der Waals surface area contributed by atoms with Gasteiger partial charge in [0.2, 0.25) is 17.8 Å². The zero-order valence-corrected chi connectivity index (χ0v) is 20.0. The van der Waals surface area contributed by atoms with E-state index in [4.69, 9.17) is 24.7 Å². The van der Waals surface area contributed by atoms with Crippen LogP contribution < -0.4 is 25.3 Å². The maximum atomic E-state index is 12.6. The average Bonchev–Trinajstić information content (AvgIpc) is 3.38. The number of amides is 1. The fourth-order valence-corrected chi connectivity index (χ4v) is 4.22. The van der Waals surface area contributed by atoms with Gasteiger partial charge in [-0.3, -0.25) is 20.1 Å². The normalized spacial score (nSPS) is 17.0. The van der Waals surface area contributed by atoms with Gasteiger partial charge in [0.1, 0.15) is 11.5 Å². The molecule has 0 saturated carbocycles. The number of guanidine groups is 1. The van der Waals surface area contributed by atoms with Crippen LogP contribution in [0, 0.1) is 0 Å². The molecule has 1 amide bonds. The minimum Gasteiger partial charge on any atom is -0.491 e. The number of carbonyl (C=O) groups excluding carboxylic acids is 1. The Kier molecular flexibility index (Phi) is 7.09. The fourth-order valence-electron chi connectivity index (χ4n) is 4.22. The molecule has 1 fully saturated rings. The molecule has 1 aromatic carbocycles. The van der Waals surface area contributed by atoms with Gasteiger partial charge in [-0.2, -0.15) is 4.98 Å². The van der Waals surface area contributed by atoms with Gasteiger partial charge in [-0.1, -0.05) is 0 Å². The molecule has 0 radical (unpaired) electrons. The fraction of sp³-hybridized carbons (Fsp3) is 0.435. The number of benzene rings is 1. The van der Waals surface area contributed by atoms with Crippen molar-refractivity contribution in [3.05, 3.63) is 30.0 Å². The van der Waals surface area contributed by atoms with Crippen LogP contribution in [0.25, 0.3) is 0 Å². The highest BCUT2D eigenvalue weighted by Gasteiger charge is 2.33. The molecule has 3 aliphatic rings. The number of morpholine rings is 1. The Balaban J connectivity index is 1.32. The lowest BCUT2D eigenvalue weighted by Gasteiger charge is -2.28. The Hall–Kier alpha value is -3.97. The number of aromatic nitrogens is 2. The van der Waals surface area contributed by atoms with Crippen molar-refractivity contribution in [3.8, 4) is 17.4 Å². The number of amidine groups is 1. The number of carbonyl (C=O) groups is 1. The predicted octanol–water partition coefficient (Wildman–Crippen LogP) is 1.02. The average molecular weight is 497 g/mol. The van der Waals surface area contributed by atoms with Gasteiger partial charge in [0.15, 0.2) is 11.5 Å². The van der Waals surface area contributed by atoms with E-state index in [1.165, 1.54) is 12.3 Å². The van der Waals surface area contributed by atoms with Crippen LogP contribution in [0.3, 0.4) is 0 Å². The highest BCUT2D eigenvalue weighted by atomic mass is 16.6. The van der Waals surface area contributed by atoms with Crippen LogP contribution in [-0.2, 0) is 4.74 Å². The molecule has 3 aliphatic heterocycles. The van der Waals surface area contributed by atoms with Crippen molar-refractivity contribution < 1.29 is 23.7 Å². The first-order chi connectivity index (χ1) is 17.6. The number of rotatable bonds is 7. The smallest absolute Gasteiger partial charge is 0.420 e. The second-order valence-corrected chi connectivity index (χ2v) is 8.21. The number of nitrogens with one attached hydrogen (secondary N) is 1. The molecular weight excluding hydrogens is 468 g/mol. The van der Waals surface area contributed by atoms with Crippen LogP contribution >= 0.6 is 0 Å². The van der Waals surface area contributed by atoms with Crippen LogP contribution in [0.2, 0.25) is 0 Å². The zero-order valence-electron chi connectivity index (χ0n) is 20.0. The Labute approximate surface area is 207 Å². The minimum atomic E-state index is -0.768. The molecule has 1 aromatic heterocycles. The quantitative estimate of drug-likeness (QED) is 0.532. The predicted molar refractivity (Wildman–Crippen MR) is 131 cm³/mol. The van der Waals surface area contributed by atoms with Crippen LogP contribution in [0.1, 0.15) is 12.0 Å². The van der Waals surface area contributed by atoms with E-state index in [1.54, 1.807) is 7.11 Å². The first kappa shape index (κ1) is 23.8. The Morgan fingerprint density at radius 2 is 2.08 bits per heavy atom. The molecular formula is C23H28N8O5. The highest BCUT2D eigenvalue weighted by molar-refractivity contribution is 6.18. The molecule has 1 saturated heterocycles. The monoisotopic (exact) mass is 496 g/mol. The number of nitrogens with zero attached hydrogens (tertiary/aromatic N) is 6. The van der Waals surface area contributed by atoms with Crippen LogP contribution in [0.5, 0.6) is 17.4 Å². The first-order valence-electron chi connectivity index (χ1n) is 11.7. The summed E-state index contributed by atoms with van der Waals surface area (Å²) in [5, 5.41) is 2.68. The summed E-state index contributed by atoms with van der Waals surface area (Å²) >= 11 is 0. The summed E-state index contributed by atoms with van der Waals surface area (Å²) in [6, 6.07) is 5.21. The number of nitrogens with two attached hydrogens (primary N) is 1. The number of ether oxygens (including phenoxy) is 4. The van der Waals surface area contributed by atoms with Crippen LogP contribution in [-0.4, -0.2) is 97.3 Å². The molecule has 0 atom stereocenters. The van der Waals surface area contributed by atoms with Gasteiger partial charge in [0, 0.05) is 44.0 Å². The maximum absolute atomic E-state index is 12.6. The van der Waals surface area contributed by atoms with Crippen molar-refractivity contribution in [1.82, 2.24) is 25.1 Å². The zero-order chi connectivity index (χ0) is 24.9. The van der Waals surface area contributed by atoms with Crippen molar-refractivity contribution in [2.45, 2.75) is 6.42 Å². The van der Waals surface area contributed by atoms with E-state index in [9.17, 15) is 4.79 Å². The van der Waals surface area contributed by atoms with E-state index < -0.39 is 6.09 Å². The third-order valence-corrected chi connectivity index (χ3v) is 5.89. The van der Waals surface area contributed by atoms with E-state index in [0.29, 0.717) is 42.7 Å². The molecule has 4 heterocycles. The highest BCUT2D eigenvalue weighted by Crippen LogP contribution is 2.43. The number of aliphatic imine (C=N–C) groups is 2. The number of anilines is 1. The largest absolute Gasteiger partial charge is 0.491 e. The Bertz CT molecular complexity index is 1180. The molecule has 2 aromatic rings. The lowest BCUT2D eigenvalue weighted by atomic mass is 10.1. The van der Waals surface area contributed by atoms with Gasteiger partial charge in [0.25, 0.3) is 0 Å². The van der Waals surface area contributed by atoms with Crippen molar-refractivity contribution in [2.24, 2.45) is 9.98 Å². The minimum absolute atomic E-state index is 0.000377. The molecule has 0 aliphatic carbocycles. The molecule has 13 heteroatoms. The van der Waals surface area contributed by atoms with Crippen molar-refractivity contribution >= 4 is 29.5 Å². The van der Waals surface area contributed by atoms with Gasteiger partial charge in [-0.05, 0) is 18.6 Å². The third-order valence-electron chi connectivity index (χ3n) is 5.89. The van der Waals surface area contributed by atoms with E-state index in [1.807, 2.05) is 17.0 Å². The molecule has 190 valence electrons. The van der Waals surface area contributed by atoms with Crippen molar-refractivity contribution in [2.75, 3.05) is 65.4 Å². The number of methoxy groups -OCH3 is 1. The molecule has 0 unspecified atom stereocenters. The molecule has 0 spiro atoms. The van der Waals surface area contributed by atoms with Gasteiger partial charge in [0.05, 0.1) is 33.5 Å². The number of nitrogen functional groups attached to an aromatic ring is 1. The van der Waals surface area contributed by atoms with Crippen LogP contribution in [0.4, 0.5) is 16.4 Å². The SMILES string of the molecule is COc1c(OCCCN2CCOCC2)ccc2c1N=C(NC(=O)Oc1ccnc(N)n1)N1CCN=C21. The van der Waals surface area contributed by atoms with E-state index >= 15 is 0 Å². The third kappa shape index (κ3) is 5.16. The second-order valence-electron chi connectivity index (χ2n) is 8.21. The molecule has 5 rings (SSSR count). The lowest BCUT2D eigenvalue weighted by molar-refractivity contribution is 0.0357. The van der Waals surface area contributed by atoms with Gasteiger partial charge >= 0.3 is 6.09 Å². The molecule has 0 bridgehead atoms. The Morgan fingerprint density at radius 1 is 1.22 bits per heavy atom. The Morgan fingerprint density at radius 3 is 2.89 bits per heavy atom. The molecule has 36 heavy (non-hydrogen) atoms. The summed E-state index contributed by atoms with van der Waals surface area (Å²) in [7, 11) is 1.56. The number of hydrogen-bond donors (Lipinski definition) is 2. The van der Waals surface area contributed by atoms with Crippen molar-refractivity contribution in [1.29, 1.82) is 0 Å². The van der Waals surface area contributed by atoms with E-state index in [0.717, 1.165) is 44.8 Å². The van der Waals surface area contributed by atoms with Gasteiger partial charge < -0.3 is 24.7 Å². The number of hydrogen-bond acceptors (Lipinski definition) is 12. The van der Waals surface area contributed by atoms with Gasteiger partial charge in [-0.15, -0.1) is 0 Å². The maximum Gasteiger partial charge on any atom is 0.420 e. The molecule has 13 nitrogen and oxygen atoms in total. The summed E-state index contributed by atoms with van der Waals surface area (Å²) in [5.74, 6) is 2.04. The number of fused-ring (bicyclic) bond motifs is 3. The lowest BCUT2D eigenvalue weighted by Crippen LogP contribution is -2.48. The van der Waals surface area contributed by atoms with Crippen LogP contribution in [0.15, 0.2) is 34.4 Å². The topological polar surface area (TPSA) is 149 Å². The van der Waals surface area contributed by atoms with E-state index in [2.05, 4.69) is 30.2 Å². The first-order valence-corrected chi connectivity index (χ1v) is 11.7. The summed E-state index contributed by atoms with van der Waals surface area (Å²) in [6.45, 7) is 6.03. The van der Waals surface area contributed by atoms with Crippen molar-refractivity contribution in [3.63, 3.8) is 0 Å². The second kappa shape index (κ2) is 10.7. The summed E-state index contributed by atoms with van der Waals surface area (Å²) in [6.07, 6.45) is 1.50. The summed E-state index contributed by atoms with van der Waals surface area (Å²) < 4.78 is 22.4. The summed E-state index contributed by atoms with van der Waals surface area (Å²) in [5.41, 5.74) is 6.88.